The first-order valence-corrected chi connectivity index (χ1v) is 10.4. The van der Waals surface area contributed by atoms with Gasteiger partial charge < -0.3 is 0 Å². The summed E-state index contributed by atoms with van der Waals surface area (Å²) in [6.07, 6.45) is 0. The topological polar surface area (TPSA) is 17.8 Å². The van der Waals surface area contributed by atoms with E-state index in [1.807, 2.05) is 59.3 Å². The third kappa shape index (κ3) is 3.99. The number of nitrogens with zero attached hydrogens (tertiary/aromatic N) is 2. The van der Waals surface area contributed by atoms with Crippen LogP contribution in [0.2, 0.25) is 10.0 Å². The van der Waals surface area contributed by atoms with E-state index < -0.39 is 0 Å². The highest BCUT2D eigenvalue weighted by atomic mass is 79.9. The number of benzene rings is 3. The Labute approximate surface area is 184 Å². The fourth-order valence-electron chi connectivity index (χ4n) is 2.86. The average Bonchev–Trinajstić information content (AvgIpc) is 3.07. The summed E-state index contributed by atoms with van der Waals surface area (Å²) in [5, 5.41) is 5.98. The van der Waals surface area contributed by atoms with Gasteiger partial charge in [-0.2, -0.15) is 5.10 Å². The molecule has 0 radical (unpaired) electrons. The highest BCUT2D eigenvalue weighted by Crippen LogP contribution is 2.33. The standard InChI is InChI=1S/C21H12Br2Cl2N2/c22-15-5-1-3-13(9-15)19-12-21(14-4-2-6-16(23)10-14)27(26-19)20-8-7-17(24)11-18(20)25/h1-12H. The number of halogens is 4. The number of rotatable bonds is 3. The van der Waals surface area contributed by atoms with Crippen LogP contribution in [-0.2, 0) is 0 Å². The lowest BCUT2D eigenvalue weighted by atomic mass is 10.1. The van der Waals surface area contributed by atoms with E-state index in [0.29, 0.717) is 10.0 Å². The summed E-state index contributed by atoms with van der Waals surface area (Å²) >= 11 is 19.6. The fraction of sp³-hybridized carbons (Fsp3) is 0. The predicted octanol–water partition coefficient (Wildman–Crippen LogP) is 8.04. The monoisotopic (exact) mass is 520 g/mol. The molecule has 2 nitrogen and oxygen atoms in total. The SMILES string of the molecule is Clc1ccc(-n2nc(-c3cccc(Br)c3)cc2-c2cccc(Br)c2)c(Cl)c1. The van der Waals surface area contributed by atoms with Gasteiger partial charge >= 0.3 is 0 Å². The van der Waals surface area contributed by atoms with Crippen LogP contribution in [0.3, 0.4) is 0 Å². The van der Waals surface area contributed by atoms with E-state index in [9.17, 15) is 0 Å². The van der Waals surface area contributed by atoms with Crippen LogP contribution in [0.4, 0.5) is 0 Å². The summed E-state index contributed by atoms with van der Waals surface area (Å²) in [4.78, 5) is 0. The molecular formula is C21H12Br2Cl2N2. The van der Waals surface area contributed by atoms with E-state index in [0.717, 1.165) is 37.1 Å². The third-order valence-electron chi connectivity index (χ3n) is 4.09. The lowest BCUT2D eigenvalue weighted by Crippen LogP contribution is -2.00. The second kappa shape index (κ2) is 7.80. The van der Waals surface area contributed by atoms with Crippen LogP contribution >= 0.6 is 55.1 Å². The minimum Gasteiger partial charge on any atom is -0.231 e. The van der Waals surface area contributed by atoms with Gasteiger partial charge in [-0.25, -0.2) is 4.68 Å². The summed E-state index contributed by atoms with van der Waals surface area (Å²) in [6, 6.07) is 23.6. The van der Waals surface area contributed by atoms with E-state index in [4.69, 9.17) is 28.3 Å². The molecular weight excluding hydrogens is 511 g/mol. The van der Waals surface area contributed by atoms with Crippen molar-refractivity contribution in [3.63, 3.8) is 0 Å². The molecule has 4 rings (SSSR count). The van der Waals surface area contributed by atoms with Crippen molar-refractivity contribution in [3.8, 4) is 28.2 Å². The van der Waals surface area contributed by atoms with Crippen molar-refractivity contribution in [3.05, 3.63) is 91.8 Å². The molecule has 0 aliphatic carbocycles. The molecule has 1 heterocycles. The van der Waals surface area contributed by atoms with Gasteiger partial charge in [-0.3, -0.25) is 0 Å². The molecule has 0 atom stereocenters. The van der Waals surface area contributed by atoms with Gasteiger partial charge in [0.25, 0.3) is 0 Å². The summed E-state index contributed by atoms with van der Waals surface area (Å²) in [6.45, 7) is 0. The van der Waals surface area contributed by atoms with Crippen molar-refractivity contribution in [1.82, 2.24) is 9.78 Å². The minimum absolute atomic E-state index is 0.544. The van der Waals surface area contributed by atoms with Crippen LogP contribution in [0, 0.1) is 0 Å². The Balaban J connectivity index is 1.95. The number of hydrogen-bond donors (Lipinski definition) is 0. The molecule has 3 aromatic carbocycles. The van der Waals surface area contributed by atoms with Gasteiger partial charge in [-0.05, 0) is 48.5 Å². The van der Waals surface area contributed by atoms with Crippen LogP contribution in [0.25, 0.3) is 28.2 Å². The normalized spacial score (nSPS) is 11.0. The Bertz CT molecular complexity index is 1140. The van der Waals surface area contributed by atoms with E-state index in [1.165, 1.54) is 0 Å². The van der Waals surface area contributed by atoms with Crippen molar-refractivity contribution in [2.75, 3.05) is 0 Å². The molecule has 1 aromatic heterocycles. The van der Waals surface area contributed by atoms with Crippen molar-refractivity contribution in [1.29, 1.82) is 0 Å². The van der Waals surface area contributed by atoms with Crippen LogP contribution in [0.15, 0.2) is 81.7 Å². The second-order valence-corrected chi connectivity index (χ2v) is 8.62. The zero-order chi connectivity index (χ0) is 19.0. The molecule has 0 saturated carbocycles. The molecule has 27 heavy (non-hydrogen) atoms. The lowest BCUT2D eigenvalue weighted by Gasteiger charge is -2.10. The minimum atomic E-state index is 0.544. The van der Waals surface area contributed by atoms with E-state index in [1.54, 1.807) is 6.07 Å². The summed E-state index contributed by atoms with van der Waals surface area (Å²) in [5.74, 6) is 0. The summed E-state index contributed by atoms with van der Waals surface area (Å²) in [7, 11) is 0. The van der Waals surface area contributed by atoms with E-state index in [2.05, 4.69) is 44.0 Å². The third-order valence-corrected chi connectivity index (χ3v) is 5.61. The van der Waals surface area contributed by atoms with Crippen LogP contribution in [0.5, 0.6) is 0 Å². The van der Waals surface area contributed by atoms with Gasteiger partial charge in [0.2, 0.25) is 0 Å². The van der Waals surface area contributed by atoms with Gasteiger partial charge in [0, 0.05) is 25.1 Å². The Morgan fingerprint density at radius 1 is 0.741 bits per heavy atom. The highest BCUT2D eigenvalue weighted by Gasteiger charge is 2.16. The van der Waals surface area contributed by atoms with E-state index in [-0.39, 0.29) is 0 Å². The van der Waals surface area contributed by atoms with Gasteiger partial charge in [-0.1, -0.05) is 79.3 Å². The van der Waals surface area contributed by atoms with Crippen LogP contribution in [0.1, 0.15) is 0 Å². The predicted molar refractivity (Wildman–Crippen MR) is 120 cm³/mol. The number of aromatic nitrogens is 2. The molecule has 134 valence electrons. The Kier molecular flexibility index (Phi) is 5.42. The molecule has 0 fully saturated rings. The first-order valence-electron chi connectivity index (χ1n) is 8.08. The maximum Gasteiger partial charge on any atom is 0.0934 e. The highest BCUT2D eigenvalue weighted by molar-refractivity contribution is 9.10. The van der Waals surface area contributed by atoms with Crippen molar-refractivity contribution in [2.24, 2.45) is 0 Å². The molecule has 6 heteroatoms. The maximum absolute atomic E-state index is 6.47. The molecule has 0 unspecified atom stereocenters. The molecule has 0 aliphatic rings. The van der Waals surface area contributed by atoms with Gasteiger partial charge in [-0.15, -0.1) is 0 Å². The van der Waals surface area contributed by atoms with Gasteiger partial charge in [0.15, 0.2) is 0 Å². The Hall–Kier alpha value is -1.59. The molecule has 0 aliphatic heterocycles. The Morgan fingerprint density at radius 3 is 2.07 bits per heavy atom. The van der Waals surface area contributed by atoms with Crippen molar-refractivity contribution >= 4 is 55.1 Å². The smallest absolute Gasteiger partial charge is 0.0934 e. The largest absolute Gasteiger partial charge is 0.231 e. The van der Waals surface area contributed by atoms with Crippen molar-refractivity contribution in [2.45, 2.75) is 0 Å². The van der Waals surface area contributed by atoms with Gasteiger partial charge in [0.05, 0.1) is 22.1 Å². The molecule has 4 aromatic rings. The van der Waals surface area contributed by atoms with Crippen molar-refractivity contribution < 1.29 is 0 Å². The average molecular weight is 523 g/mol. The van der Waals surface area contributed by atoms with E-state index >= 15 is 0 Å². The van der Waals surface area contributed by atoms with Crippen LogP contribution in [-0.4, -0.2) is 9.78 Å². The lowest BCUT2D eigenvalue weighted by molar-refractivity contribution is 0.892. The molecule has 0 amide bonds. The first kappa shape index (κ1) is 18.8. The molecule has 0 spiro atoms. The number of hydrogen-bond acceptors (Lipinski definition) is 1. The zero-order valence-electron chi connectivity index (χ0n) is 13.8. The maximum atomic E-state index is 6.47. The molecule has 0 saturated heterocycles. The van der Waals surface area contributed by atoms with Gasteiger partial charge in [0.1, 0.15) is 0 Å². The summed E-state index contributed by atoms with van der Waals surface area (Å²) < 4.78 is 3.86. The fourth-order valence-corrected chi connectivity index (χ4v) is 4.15. The quantitative estimate of drug-likeness (QED) is 0.266. The summed E-state index contributed by atoms with van der Waals surface area (Å²) in [5.41, 5.74) is 4.62. The molecule has 0 N–H and O–H groups in total. The van der Waals surface area contributed by atoms with Crippen LogP contribution < -0.4 is 0 Å². The Morgan fingerprint density at radius 2 is 1.41 bits per heavy atom. The zero-order valence-corrected chi connectivity index (χ0v) is 18.5. The molecule has 0 bridgehead atoms. The second-order valence-electron chi connectivity index (χ2n) is 5.94. The first-order chi connectivity index (χ1) is 13.0.